The standard InChI is InChI=1S/C12H26N2O/c1-12(2,6-7-13)14(3)10-11-4-8-15-9-5-11/h11H,4-10,13H2,1-3H3. The molecule has 0 atom stereocenters. The minimum atomic E-state index is 0.229. The van der Waals surface area contributed by atoms with Crippen LogP contribution in [0.15, 0.2) is 0 Å². The van der Waals surface area contributed by atoms with E-state index in [4.69, 9.17) is 10.5 Å². The van der Waals surface area contributed by atoms with Crippen molar-refractivity contribution in [2.75, 3.05) is 33.4 Å². The zero-order valence-electron chi connectivity index (χ0n) is 10.5. The van der Waals surface area contributed by atoms with Crippen LogP contribution in [0.25, 0.3) is 0 Å². The quantitative estimate of drug-likeness (QED) is 0.753. The topological polar surface area (TPSA) is 38.5 Å². The molecule has 0 aliphatic carbocycles. The van der Waals surface area contributed by atoms with E-state index in [1.807, 2.05) is 0 Å². The summed E-state index contributed by atoms with van der Waals surface area (Å²) in [6.45, 7) is 8.38. The van der Waals surface area contributed by atoms with E-state index < -0.39 is 0 Å². The van der Waals surface area contributed by atoms with E-state index in [0.29, 0.717) is 0 Å². The summed E-state index contributed by atoms with van der Waals surface area (Å²) in [7, 11) is 2.21. The van der Waals surface area contributed by atoms with Crippen molar-refractivity contribution in [3.8, 4) is 0 Å². The third-order valence-electron chi connectivity index (χ3n) is 3.66. The van der Waals surface area contributed by atoms with Crippen molar-refractivity contribution in [3.63, 3.8) is 0 Å². The summed E-state index contributed by atoms with van der Waals surface area (Å²) in [6.07, 6.45) is 3.48. The summed E-state index contributed by atoms with van der Waals surface area (Å²) in [4.78, 5) is 2.45. The van der Waals surface area contributed by atoms with Crippen LogP contribution in [-0.4, -0.2) is 43.8 Å². The maximum atomic E-state index is 5.64. The zero-order chi connectivity index (χ0) is 11.3. The van der Waals surface area contributed by atoms with Gasteiger partial charge in [-0.05, 0) is 52.6 Å². The molecule has 0 saturated carbocycles. The van der Waals surface area contributed by atoms with Gasteiger partial charge in [0.05, 0.1) is 0 Å². The van der Waals surface area contributed by atoms with Crippen molar-refractivity contribution in [1.82, 2.24) is 4.90 Å². The highest BCUT2D eigenvalue weighted by atomic mass is 16.5. The van der Waals surface area contributed by atoms with Gasteiger partial charge >= 0.3 is 0 Å². The first kappa shape index (κ1) is 12.9. The van der Waals surface area contributed by atoms with E-state index in [1.165, 1.54) is 19.4 Å². The van der Waals surface area contributed by atoms with Crippen LogP contribution in [0, 0.1) is 5.92 Å². The summed E-state index contributed by atoms with van der Waals surface area (Å²) in [6, 6.07) is 0. The Balaban J connectivity index is 2.35. The number of nitrogens with zero attached hydrogens (tertiary/aromatic N) is 1. The van der Waals surface area contributed by atoms with Crippen molar-refractivity contribution in [2.45, 2.75) is 38.6 Å². The number of hydrogen-bond donors (Lipinski definition) is 1. The molecule has 0 aromatic carbocycles. The normalized spacial score (nSPS) is 19.8. The second-order valence-electron chi connectivity index (χ2n) is 5.29. The van der Waals surface area contributed by atoms with Crippen LogP contribution in [0.3, 0.4) is 0 Å². The predicted octanol–water partition coefficient (Wildman–Crippen LogP) is 1.47. The van der Waals surface area contributed by atoms with Gasteiger partial charge in [-0.2, -0.15) is 0 Å². The van der Waals surface area contributed by atoms with Crippen LogP contribution in [0.2, 0.25) is 0 Å². The van der Waals surface area contributed by atoms with Crippen LogP contribution < -0.4 is 5.73 Å². The average Bonchev–Trinajstić information content (AvgIpc) is 2.19. The van der Waals surface area contributed by atoms with Crippen LogP contribution in [0.4, 0.5) is 0 Å². The lowest BCUT2D eigenvalue weighted by Gasteiger charge is -2.38. The van der Waals surface area contributed by atoms with Crippen molar-refractivity contribution in [2.24, 2.45) is 11.7 Å². The van der Waals surface area contributed by atoms with Gasteiger partial charge in [0.25, 0.3) is 0 Å². The van der Waals surface area contributed by atoms with Gasteiger partial charge in [0, 0.05) is 25.3 Å². The summed E-state index contributed by atoms with van der Waals surface area (Å²) in [5, 5.41) is 0. The van der Waals surface area contributed by atoms with Crippen LogP contribution in [-0.2, 0) is 4.74 Å². The Morgan fingerprint density at radius 2 is 1.93 bits per heavy atom. The number of rotatable bonds is 5. The highest BCUT2D eigenvalue weighted by Crippen LogP contribution is 2.22. The van der Waals surface area contributed by atoms with Gasteiger partial charge in [-0.1, -0.05) is 0 Å². The molecule has 3 nitrogen and oxygen atoms in total. The lowest BCUT2D eigenvalue weighted by molar-refractivity contribution is 0.0386. The Morgan fingerprint density at radius 1 is 1.33 bits per heavy atom. The molecule has 2 N–H and O–H groups in total. The molecule has 0 aromatic heterocycles. The molecule has 90 valence electrons. The average molecular weight is 214 g/mol. The Bertz CT molecular complexity index is 176. The van der Waals surface area contributed by atoms with Crippen molar-refractivity contribution < 1.29 is 4.74 Å². The largest absolute Gasteiger partial charge is 0.381 e. The second kappa shape index (κ2) is 5.83. The fourth-order valence-corrected chi connectivity index (χ4v) is 2.11. The van der Waals surface area contributed by atoms with Gasteiger partial charge in [-0.25, -0.2) is 0 Å². The van der Waals surface area contributed by atoms with Crippen LogP contribution in [0.1, 0.15) is 33.1 Å². The Kier molecular flexibility index (Phi) is 5.03. The Labute approximate surface area is 94.0 Å². The van der Waals surface area contributed by atoms with Crippen molar-refractivity contribution in [1.29, 1.82) is 0 Å². The molecule has 0 unspecified atom stereocenters. The minimum absolute atomic E-state index is 0.229. The molecule has 1 aliphatic rings. The molecule has 0 radical (unpaired) electrons. The molecule has 0 spiro atoms. The summed E-state index contributed by atoms with van der Waals surface area (Å²) in [5.41, 5.74) is 5.87. The first-order chi connectivity index (χ1) is 7.06. The Morgan fingerprint density at radius 3 is 2.47 bits per heavy atom. The fraction of sp³-hybridized carbons (Fsp3) is 1.00. The highest BCUT2D eigenvalue weighted by molar-refractivity contribution is 4.81. The SMILES string of the molecule is CN(CC1CCOCC1)C(C)(C)CCN. The van der Waals surface area contributed by atoms with Crippen molar-refractivity contribution >= 4 is 0 Å². The monoisotopic (exact) mass is 214 g/mol. The van der Waals surface area contributed by atoms with Gasteiger partial charge in [-0.3, -0.25) is 0 Å². The molecule has 3 heteroatoms. The third-order valence-corrected chi connectivity index (χ3v) is 3.66. The molecule has 1 rings (SSSR count). The van der Waals surface area contributed by atoms with Gasteiger partial charge in [-0.15, -0.1) is 0 Å². The summed E-state index contributed by atoms with van der Waals surface area (Å²) >= 11 is 0. The van der Waals surface area contributed by atoms with Gasteiger partial charge in [0.15, 0.2) is 0 Å². The predicted molar refractivity (Wildman–Crippen MR) is 63.9 cm³/mol. The van der Waals surface area contributed by atoms with E-state index >= 15 is 0 Å². The van der Waals surface area contributed by atoms with Crippen LogP contribution >= 0.6 is 0 Å². The van der Waals surface area contributed by atoms with Gasteiger partial charge in [0.1, 0.15) is 0 Å². The van der Waals surface area contributed by atoms with E-state index in [0.717, 1.165) is 32.1 Å². The van der Waals surface area contributed by atoms with Crippen LogP contribution in [0.5, 0.6) is 0 Å². The number of ether oxygens (including phenoxy) is 1. The molecule has 0 amide bonds. The van der Waals surface area contributed by atoms with E-state index in [2.05, 4.69) is 25.8 Å². The van der Waals surface area contributed by atoms with E-state index in [-0.39, 0.29) is 5.54 Å². The molecular weight excluding hydrogens is 188 g/mol. The molecule has 1 aliphatic heterocycles. The first-order valence-electron chi connectivity index (χ1n) is 6.05. The second-order valence-corrected chi connectivity index (χ2v) is 5.29. The molecule has 0 aromatic rings. The van der Waals surface area contributed by atoms with Gasteiger partial charge in [0.2, 0.25) is 0 Å². The summed E-state index contributed by atoms with van der Waals surface area (Å²) in [5.74, 6) is 0.806. The highest BCUT2D eigenvalue weighted by Gasteiger charge is 2.25. The molecular formula is C12H26N2O. The molecule has 15 heavy (non-hydrogen) atoms. The number of nitrogens with two attached hydrogens (primary N) is 1. The minimum Gasteiger partial charge on any atom is -0.381 e. The number of hydrogen-bond acceptors (Lipinski definition) is 3. The molecule has 1 heterocycles. The molecule has 0 bridgehead atoms. The maximum absolute atomic E-state index is 5.64. The first-order valence-corrected chi connectivity index (χ1v) is 6.05. The maximum Gasteiger partial charge on any atom is 0.0469 e. The zero-order valence-corrected chi connectivity index (χ0v) is 10.5. The lowest BCUT2D eigenvalue weighted by Crippen LogP contribution is -2.45. The Hall–Kier alpha value is -0.120. The van der Waals surface area contributed by atoms with Gasteiger partial charge < -0.3 is 15.4 Å². The van der Waals surface area contributed by atoms with Crippen molar-refractivity contribution in [3.05, 3.63) is 0 Å². The lowest BCUT2D eigenvalue weighted by atomic mass is 9.94. The van der Waals surface area contributed by atoms with E-state index in [1.54, 1.807) is 0 Å². The summed E-state index contributed by atoms with van der Waals surface area (Å²) < 4.78 is 5.38. The fourth-order valence-electron chi connectivity index (χ4n) is 2.11. The third kappa shape index (κ3) is 4.09. The smallest absolute Gasteiger partial charge is 0.0469 e. The molecule has 1 fully saturated rings. The van der Waals surface area contributed by atoms with E-state index in [9.17, 15) is 0 Å². The molecule has 1 saturated heterocycles.